The molecular weight excluding hydrogens is 445 g/mol. The minimum atomic E-state index is -1.19. The van der Waals surface area contributed by atoms with Crippen molar-refractivity contribution in [3.8, 4) is 0 Å². The van der Waals surface area contributed by atoms with Crippen LogP contribution in [0.5, 0.6) is 0 Å². The fourth-order valence-electron chi connectivity index (χ4n) is 2.70. The van der Waals surface area contributed by atoms with Gasteiger partial charge in [-0.05, 0) is 29.6 Å². The van der Waals surface area contributed by atoms with Gasteiger partial charge in [0.15, 0.2) is 5.78 Å². The molecule has 0 radical (unpaired) electrons. The Morgan fingerprint density at radius 2 is 1.63 bits per heavy atom. The second-order valence-electron chi connectivity index (χ2n) is 6.33. The number of nitrogens with one attached hydrogen (secondary N) is 1. The average Bonchev–Trinajstić information content (AvgIpc) is 3.25. The number of ketones is 1. The SMILES string of the molecule is O=C(CCC(=O)c1cccs1)O[C@H](C(=O)Nc1cc(Cl)cc(Cl)c1)c1ccccc1. The highest BCUT2D eigenvalue weighted by atomic mass is 35.5. The van der Waals surface area contributed by atoms with Gasteiger partial charge in [-0.15, -0.1) is 11.3 Å². The lowest BCUT2D eigenvalue weighted by Crippen LogP contribution is -2.26. The van der Waals surface area contributed by atoms with Gasteiger partial charge in [-0.3, -0.25) is 14.4 Å². The van der Waals surface area contributed by atoms with Crippen LogP contribution in [-0.2, 0) is 14.3 Å². The number of halogens is 2. The monoisotopic (exact) mass is 461 g/mol. The molecule has 0 aliphatic heterocycles. The molecule has 1 N–H and O–H groups in total. The van der Waals surface area contributed by atoms with Crippen molar-refractivity contribution in [2.75, 3.05) is 5.32 Å². The normalized spacial score (nSPS) is 11.5. The number of Topliss-reactive ketones (excluding diaryl/α,β-unsaturated/α-hetero) is 1. The summed E-state index contributed by atoms with van der Waals surface area (Å²) in [6.07, 6.45) is -1.31. The van der Waals surface area contributed by atoms with Gasteiger partial charge in [-0.1, -0.05) is 59.6 Å². The van der Waals surface area contributed by atoms with E-state index in [1.54, 1.807) is 47.8 Å². The van der Waals surface area contributed by atoms with E-state index < -0.39 is 18.0 Å². The quantitative estimate of drug-likeness (QED) is 0.332. The molecule has 0 aliphatic rings. The molecule has 5 nitrogen and oxygen atoms in total. The highest BCUT2D eigenvalue weighted by molar-refractivity contribution is 7.12. The van der Waals surface area contributed by atoms with Crippen LogP contribution in [0.4, 0.5) is 5.69 Å². The molecule has 1 heterocycles. The Balaban J connectivity index is 1.70. The van der Waals surface area contributed by atoms with E-state index in [-0.39, 0.29) is 18.6 Å². The number of esters is 1. The fraction of sp³-hybridized carbons (Fsp3) is 0.136. The maximum Gasteiger partial charge on any atom is 0.307 e. The smallest absolute Gasteiger partial charge is 0.307 e. The Morgan fingerprint density at radius 1 is 0.933 bits per heavy atom. The number of hydrogen-bond acceptors (Lipinski definition) is 5. The number of rotatable bonds is 8. The van der Waals surface area contributed by atoms with E-state index in [1.165, 1.54) is 29.5 Å². The van der Waals surface area contributed by atoms with Crippen LogP contribution in [0.15, 0.2) is 66.0 Å². The molecule has 0 saturated carbocycles. The average molecular weight is 462 g/mol. The van der Waals surface area contributed by atoms with Gasteiger partial charge in [0, 0.05) is 27.7 Å². The Hall–Kier alpha value is -2.67. The van der Waals surface area contributed by atoms with Crippen LogP contribution in [0, 0.1) is 0 Å². The third kappa shape index (κ3) is 6.16. The lowest BCUT2D eigenvalue weighted by atomic mass is 10.1. The molecule has 0 fully saturated rings. The van der Waals surface area contributed by atoms with Gasteiger partial charge < -0.3 is 10.1 Å². The zero-order valence-corrected chi connectivity index (χ0v) is 18.0. The number of anilines is 1. The summed E-state index contributed by atoms with van der Waals surface area (Å²) >= 11 is 13.3. The summed E-state index contributed by atoms with van der Waals surface area (Å²) in [5.41, 5.74) is 0.878. The highest BCUT2D eigenvalue weighted by Crippen LogP contribution is 2.25. The predicted octanol–water partition coefficient (Wildman–Crippen LogP) is 5.94. The molecule has 30 heavy (non-hydrogen) atoms. The Morgan fingerprint density at radius 3 is 2.27 bits per heavy atom. The number of thiophene rings is 1. The molecule has 2 aromatic carbocycles. The topological polar surface area (TPSA) is 72.5 Å². The third-order valence-corrected chi connectivity index (χ3v) is 5.42. The van der Waals surface area contributed by atoms with Gasteiger partial charge in [0.05, 0.1) is 11.3 Å². The van der Waals surface area contributed by atoms with Crippen molar-refractivity contribution in [1.82, 2.24) is 0 Å². The molecule has 1 aromatic heterocycles. The molecule has 1 atom stereocenters. The van der Waals surface area contributed by atoms with Gasteiger partial charge in [0.1, 0.15) is 0 Å². The van der Waals surface area contributed by atoms with E-state index in [4.69, 9.17) is 27.9 Å². The van der Waals surface area contributed by atoms with E-state index in [0.29, 0.717) is 26.2 Å². The molecule has 3 aromatic rings. The second kappa shape index (κ2) is 10.4. The summed E-state index contributed by atoms with van der Waals surface area (Å²) in [6, 6.07) is 16.7. The van der Waals surface area contributed by atoms with Crippen LogP contribution in [0.3, 0.4) is 0 Å². The van der Waals surface area contributed by atoms with E-state index in [2.05, 4.69) is 5.32 Å². The lowest BCUT2D eigenvalue weighted by Gasteiger charge is -2.18. The van der Waals surface area contributed by atoms with E-state index in [0.717, 1.165) is 0 Å². The zero-order valence-electron chi connectivity index (χ0n) is 15.6. The molecule has 0 saturated heterocycles. The maximum absolute atomic E-state index is 12.9. The summed E-state index contributed by atoms with van der Waals surface area (Å²) in [5.74, 6) is -1.35. The van der Waals surface area contributed by atoms with Crippen molar-refractivity contribution < 1.29 is 19.1 Å². The summed E-state index contributed by atoms with van der Waals surface area (Å²) in [4.78, 5) is 37.9. The largest absolute Gasteiger partial charge is 0.447 e. The van der Waals surface area contributed by atoms with Gasteiger partial charge >= 0.3 is 5.97 Å². The van der Waals surface area contributed by atoms with Crippen LogP contribution >= 0.6 is 34.5 Å². The van der Waals surface area contributed by atoms with Crippen LogP contribution in [0.2, 0.25) is 10.0 Å². The molecule has 0 aliphatic carbocycles. The zero-order chi connectivity index (χ0) is 21.5. The fourth-order valence-corrected chi connectivity index (χ4v) is 3.92. The summed E-state index contributed by atoms with van der Waals surface area (Å²) in [6.45, 7) is 0. The standard InChI is InChI=1S/C22H17Cl2NO4S/c23-15-11-16(24)13-17(12-15)25-22(28)21(14-5-2-1-3-6-14)29-20(27)9-8-18(26)19-7-4-10-30-19/h1-7,10-13,21H,8-9H2,(H,25,28)/t21-/m0/s1. The van der Waals surface area contributed by atoms with Crippen LogP contribution < -0.4 is 5.32 Å². The Kier molecular flexibility index (Phi) is 7.63. The second-order valence-corrected chi connectivity index (χ2v) is 8.15. The molecule has 0 spiro atoms. The Bertz CT molecular complexity index is 1020. The summed E-state index contributed by atoms with van der Waals surface area (Å²) in [7, 11) is 0. The molecule has 3 rings (SSSR count). The van der Waals surface area contributed by atoms with Crippen molar-refractivity contribution in [3.05, 3.63) is 86.5 Å². The van der Waals surface area contributed by atoms with Gasteiger partial charge in [0.2, 0.25) is 6.10 Å². The van der Waals surface area contributed by atoms with Crippen molar-refractivity contribution in [1.29, 1.82) is 0 Å². The number of benzene rings is 2. The number of amides is 1. The number of hydrogen-bond donors (Lipinski definition) is 1. The van der Waals surface area contributed by atoms with Crippen LogP contribution in [-0.4, -0.2) is 17.7 Å². The third-order valence-electron chi connectivity index (χ3n) is 4.07. The van der Waals surface area contributed by atoms with E-state index in [1.807, 2.05) is 0 Å². The van der Waals surface area contributed by atoms with Gasteiger partial charge in [-0.2, -0.15) is 0 Å². The molecule has 154 valence electrons. The van der Waals surface area contributed by atoms with Crippen LogP contribution in [0.1, 0.15) is 34.2 Å². The number of ether oxygens (including phenoxy) is 1. The van der Waals surface area contributed by atoms with Crippen molar-refractivity contribution >= 4 is 57.9 Å². The predicted molar refractivity (Wildman–Crippen MR) is 118 cm³/mol. The Labute approximate surface area is 187 Å². The minimum Gasteiger partial charge on any atom is -0.447 e. The number of carbonyl (C=O) groups is 3. The molecule has 0 bridgehead atoms. The molecule has 8 heteroatoms. The minimum absolute atomic E-state index is 0.00633. The summed E-state index contributed by atoms with van der Waals surface area (Å²) < 4.78 is 5.43. The van der Waals surface area contributed by atoms with Crippen LogP contribution in [0.25, 0.3) is 0 Å². The van der Waals surface area contributed by atoms with E-state index in [9.17, 15) is 14.4 Å². The lowest BCUT2D eigenvalue weighted by molar-refractivity contribution is -0.154. The van der Waals surface area contributed by atoms with Gasteiger partial charge in [0.25, 0.3) is 5.91 Å². The van der Waals surface area contributed by atoms with Crippen molar-refractivity contribution in [2.45, 2.75) is 18.9 Å². The van der Waals surface area contributed by atoms with E-state index >= 15 is 0 Å². The molecule has 0 unspecified atom stereocenters. The summed E-state index contributed by atoms with van der Waals surface area (Å²) in [5, 5.41) is 5.18. The van der Waals surface area contributed by atoms with Gasteiger partial charge in [-0.25, -0.2) is 0 Å². The first kappa shape index (κ1) is 22.0. The molecular formula is C22H17Cl2NO4S. The van der Waals surface area contributed by atoms with Crippen molar-refractivity contribution in [3.63, 3.8) is 0 Å². The highest BCUT2D eigenvalue weighted by Gasteiger charge is 2.25. The molecule has 1 amide bonds. The first-order valence-electron chi connectivity index (χ1n) is 9.00. The first-order valence-corrected chi connectivity index (χ1v) is 10.6. The maximum atomic E-state index is 12.9. The first-order chi connectivity index (χ1) is 14.4. The van der Waals surface area contributed by atoms with Crippen molar-refractivity contribution in [2.24, 2.45) is 0 Å². The number of carbonyl (C=O) groups excluding carboxylic acids is 3.